The van der Waals surface area contributed by atoms with Gasteiger partial charge in [0, 0.05) is 38.6 Å². The number of urea groups is 1. The molecular weight excluding hydrogens is 350 g/mol. The monoisotopic (exact) mass is 375 g/mol. The fourth-order valence-electron chi connectivity index (χ4n) is 4.31. The number of carbonyl (C=O) groups excluding carboxylic acids is 1. The maximum absolute atomic E-state index is 13.4. The van der Waals surface area contributed by atoms with Gasteiger partial charge in [-0.1, -0.05) is 18.2 Å². The first kappa shape index (κ1) is 18.4. The third-order valence-corrected chi connectivity index (χ3v) is 5.83. The Labute approximate surface area is 166 Å². The van der Waals surface area contributed by atoms with Gasteiger partial charge in [-0.05, 0) is 30.5 Å². The number of rotatable bonds is 3. The first-order valence-corrected chi connectivity index (χ1v) is 9.91. The van der Waals surface area contributed by atoms with Crippen LogP contribution in [0.4, 0.5) is 4.79 Å². The third kappa shape index (κ3) is 3.44. The zero-order valence-electron chi connectivity index (χ0n) is 16.0. The minimum Gasteiger partial charge on any atom is -0.357 e. The summed E-state index contributed by atoms with van der Waals surface area (Å²) in [6.07, 6.45) is 9.94. The fraction of sp³-hybridized carbons (Fsp3) is 0.455. The van der Waals surface area contributed by atoms with E-state index in [1.54, 1.807) is 6.07 Å². The van der Waals surface area contributed by atoms with Crippen molar-refractivity contribution in [3.8, 4) is 18.4 Å². The standard InChI is InChI=1S/C22H25N5O/c1-2-17-6-5-10-25(15-17)21-12-20-14-24-9-11-26(20)22(28)27(21)16-19-8-4-3-7-18(19)13-23/h1,3-4,7-8,12,17,20,24H,5-6,9-11,14-16H2. The average Bonchev–Trinajstić information content (AvgIpc) is 2.76. The molecule has 2 fully saturated rings. The Morgan fingerprint density at radius 1 is 1.29 bits per heavy atom. The number of piperidine rings is 1. The molecule has 6 heteroatoms. The molecule has 1 aromatic carbocycles. The summed E-state index contributed by atoms with van der Waals surface area (Å²) in [6.45, 7) is 4.32. The Balaban J connectivity index is 1.69. The summed E-state index contributed by atoms with van der Waals surface area (Å²) >= 11 is 0. The summed E-state index contributed by atoms with van der Waals surface area (Å²) in [7, 11) is 0. The molecule has 2 saturated heterocycles. The Bertz CT molecular complexity index is 864. The van der Waals surface area contributed by atoms with Gasteiger partial charge in [-0.15, -0.1) is 12.3 Å². The number of nitriles is 1. The van der Waals surface area contributed by atoms with Crippen molar-refractivity contribution in [1.82, 2.24) is 20.0 Å². The van der Waals surface area contributed by atoms with Gasteiger partial charge in [-0.3, -0.25) is 4.90 Å². The number of nitrogens with one attached hydrogen (secondary N) is 1. The first-order valence-electron chi connectivity index (χ1n) is 9.91. The zero-order valence-corrected chi connectivity index (χ0v) is 16.0. The smallest absolute Gasteiger partial charge is 0.326 e. The lowest BCUT2D eigenvalue weighted by Crippen LogP contribution is -2.61. The highest BCUT2D eigenvalue weighted by Gasteiger charge is 2.38. The lowest BCUT2D eigenvalue weighted by atomic mass is 9.98. The van der Waals surface area contributed by atoms with Crippen LogP contribution in [0.2, 0.25) is 0 Å². The van der Waals surface area contributed by atoms with Crippen LogP contribution in [0.15, 0.2) is 36.2 Å². The molecule has 144 valence electrons. The molecule has 1 aromatic rings. The number of hydrogen-bond donors (Lipinski definition) is 1. The molecule has 0 saturated carbocycles. The third-order valence-electron chi connectivity index (χ3n) is 5.83. The number of piperazine rings is 1. The van der Waals surface area contributed by atoms with E-state index in [1.165, 1.54) is 0 Å². The molecular formula is C22H25N5O. The van der Waals surface area contributed by atoms with Gasteiger partial charge >= 0.3 is 6.03 Å². The number of hydrogen-bond acceptors (Lipinski definition) is 4. The van der Waals surface area contributed by atoms with Gasteiger partial charge in [0.2, 0.25) is 0 Å². The van der Waals surface area contributed by atoms with Gasteiger partial charge in [-0.25, -0.2) is 4.79 Å². The minimum atomic E-state index is 0.0135. The summed E-state index contributed by atoms with van der Waals surface area (Å²) in [5.41, 5.74) is 1.47. The van der Waals surface area contributed by atoms with Crippen LogP contribution in [0.1, 0.15) is 24.0 Å². The molecule has 3 aliphatic rings. The van der Waals surface area contributed by atoms with Crippen LogP contribution in [0, 0.1) is 29.6 Å². The zero-order chi connectivity index (χ0) is 19.5. The van der Waals surface area contributed by atoms with Gasteiger partial charge in [0.25, 0.3) is 0 Å². The number of fused-ring (bicyclic) bond motifs is 1. The summed E-state index contributed by atoms with van der Waals surface area (Å²) in [5.74, 6) is 4.03. The minimum absolute atomic E-state index is 0.0135. The van der Waals surface area contributed by atoms with Crippen LogP contribution < -0.4 is 5.32 Å². The number of amides is 2. The summed E-state index contributed by atoms with van der Waals surface area (Å²) in [4.78, 5) is 19.4. The molecule has 4 rings (SSSR count). The second-order valence-electron chi connectivity index (χ2n) is 7.58. The maximum Gasteiger partial charge on any atom is 0.326 e. The molecule has 0 spiro atoms. The van der Waals surface area contributed by atoms with E-state index in [0.717, 1.165) is 50.4 Å². The van der Waals surface area contributed by atoms with Gasteiger partial charge in [0.05, 0.1) is 24.2 Å². The number of nitrogens with zero attached hydrogens (tertiary/aromatic N) is 4. The normalized spacial score (nSPS) is 24.9. The molecule has 0 aromatic heterocycles. The molecule has 3 heterocycles. The van der Waals surface area contributed by atoms with E-state index in [-0.39, 0.29) is 18.0 Å². The molecule has 2 unspecified atom stereocenters. The van der Waals surface area contributed by atoms with Crippen molar-refractivity contribution in [3.63, 3.8) is 0 Å². The first-order chi connectivity index (χ1) is 13.7. The predicted octanol–water partition coefficient (Wildman–Crippen LogP) is 1.95. The molecule has 1 N–H and O–H groups in total. The highest BCUT2D eigenvalue weighted by atomic mass is 16.2. The molecule has 28 heavy (non-hydrogen) atoms. The molecule has 2 amide bonds. The van der Waals surface area contributed by atoms with Crippen molar-refractivity contribution in [3.05, 3.63) is 47.3 Å². The van der Waals surface area contributed by atoms with E-state index in [4.69, 9.17) is 6.42 Å². The molecule has 2 atom stereocenters. The number of terminal acetylenes is 1. The quantitative estimate of drug-likeness (QED) is 0.821. The molecule has 0 aliphatic carbocycles. The van der Waals surface area contributed by atoms with Crippen molar-refractivity contribution in [1.29, 1.82) is 5.26 Å². The Morgan fingerprint density at radius 2 is 2.14 bits per heavy atom. The Morgan fingerprint density at radius 3 is 2.96 bits per heavy atom. The summed E-state index contributed by atoms with van der Waals surface area (Å²) < 4.78 is 0. The van der Waals surface area contributed by atoms with Crippen LogP contribution >= 0.6 is 0 Å². The van der Waals surface area contributed by atoms with Crippen LogP contribution in [0.3, 0.4) is 0 Å². The van der Waals surface area contributed by atoms with E-state index in [0.29, 0.717) is 18.7 Å². The summed E-state index contributed by atoms with van der Waals surface area (Å²) in [5, 5.41) is 12.8. The molecule has 0 bridgehead atoms. The highest BCUT2D eigenvalue weighted by molar-refractivity contribution is 5.78. The van der Waals surface area contributed by atoms with E-state index in [1.807, 2.05) is 28.0 Å². The van der Waals surface area contributed by atoms with Crippen LogP contribution in [0.25, 0.3) is 0 Å². The van der Waals surface area contributed by atoms with E-state index in [9.17, 15) is 10.1 Å². The summed E-state index contributed by atoms with van der Waals surface area (Å²) in [6, 6.07) is 9.81. The molecule has 0 radical (unpaired) electrons. The van der Waals surface area contributed by atoms with E-state index < -0.39 is 0 Å². The maximum atomic E-state index is 13.4. The van der Waals surface area contributed by atoms with Gasteiger partial charge in [0.1, 0.15) is 5.82 Å². The van der Waals surface area contributed by atoms with Crippen molar-refractivity contribution < 1.29 is 4.79 Å². The van der Waals surface area contributed by atoms with Gasteiger partial charge < -0.3 is 15.1 Å². The molecule has 6 nitrogen and oxygen atoms in total. The number of carbonyl (C=O) groups is 1. The van der Waals surface area contributed by atoms with Gasteiger partial charge in [0.15, 0.2) is 0 Å². The van der Waals surface area contributed by atoms with Crippen molar-refractivity contribution in [2.24, 2.45) is 5.92 Å². The van der Waals surface area contributed by atoms with Crippen molar-refractivity contribution in [2.45, 2.75) is 25.4 Å². The predicted molar refractivity (Wildman–Crippen MR) is 107 cm³/mol. The van der Waals surface area contributed by atoms with Gasteiger partial charge in [-0.2, -0.15) is 5.26 Å². The SMILES string of the molecule is C#CC1CCCN(C2=CC3CNCCN3C(=O)N2Cc2ccccc2C#N)C1. The van der Waals surface area contributed by atoms with Crippen molar-refractivity contribution >= 4 is 6.03 Å². The lowest BCUT2D eigenvalue weighted by Gasteiger charge is -2.47. The fourth-order valence-corrected chi connectivity index (χ4v) is 4.31. The number of likely N-dealkylation sites (tertiary alicyclic amines) is 1. The topological polar surface area (TPSA) is 62.6 Å². The van der Waals surface area contributed by atoms with E-state index >= 15 is 0 Å². The second kappa shape index (κ2) is 7.96. The Hall–Kier alpha value is -2.96. The van der Waals surface area contributed by atoms with Crippen molar-refractivity contribution in [2.75, 3.05) is 32.7 Å². The highest BCUT2D eigenvalue weighted by Crippen LogP contribution is 2.29. The largest absolute Gasteiger partial charge is 0.357 e. The second-order valence-corrected chi connectivity index (χ2v) is 7.58. The molecule has 3 aliphatic heterocycles. The van der Waals surface area contributed by atoms with Crippen LogP contribution in [0.5, 0.6) is 0 Å². The van der Waals surface area contributed by atoms with E-state index in [2.05, 4.69) is 28.3 Å². The van der Waals surface area contributed by atoms with Crippen LogP contribution in [-0.4, -0.2) is 59.5 Å². The van der Waals surface area contributed by atoms with Crippen LogP contribution in [-0.2, 0) is 6.54 Å². The average molecular weight is 375 g/mol. The lowest BCUT2D eigenvalue weighted by molar-refractivity contribution is 0.0996. The Kier molecular flexibility index (Phi) is 5.23. The number of benzene rings is 1.